The van der Waals surface area contributed by atoms with Crippen molar-refractivity contribution in [2.45, 2.75) is 59.0 Å². The van der Waals surface area contributed by atoms with Gasteiger partial charge in [-0.1, -0.05) is 6.92 Å². The van der Waals surface area contributed by atoms with Gasteiger partial charge in [0, 0.05) is 31.1 Å². The molecule has 0 heterocycles. The summed E-state index contributed by atoms with van der Waals surface area (Å²) in [6.07, 6.45) is 1.62. The van der Waals surface area contributed by atoms with Crippen LogP contribution in [0.2, 0.25) is 0 Å². The van der Waals surface area contributed by atoms with Gasteiger partial charge in [0.1, 0.15) is 0 Å². The van der Waals surface area contributed by atoms with Crippen LogP contribution in [0.4, 0.5) is 0 Å². The van der Waals surface area contributed by atoms with Crippen LogP contribution in [-0.2, 0) is 4.79 Å². The zero-order chi connectivity index (χ0) is 13.5. The van der Waals surface area contributed by atoms with Gasteiger partial charge in [-0.25, -0.2) is 0 Å². The van der Waals surface area contributed by atoms with Crippen LogP contribution in [0.5, 0.6) is 0 Å². The quantitative estimate of drug-likeness (QED) is 0.676. The Balaban J connectivity index is 4.23. The molecule has 0 aliphatic heterocycles. The lowest BCUT2D eigenvalue weighted by atomic mass is 10.0. The molecule has 0 aromatic rings. The first-order chi connectivity index (χ1) is 7.83. The number of nitrogens with one attached hydrogen (secondary N) is 1. The van der Waals surface area contributed by atoms with Crippen LogP contribution in [0.15, 0.2) is 0 Å². The Bertz CT molecular complexity index is 227. The van der Waals surface area contributed by atoms with Crippen molar-refractivity contribution in [2.75, 3.05) is 19.6 Å². The Morgan fingerprint density at radius 1 is 1.35 bits per heavy atom. The minimum absolute atomic E-state index is 0.0336. The summed E-state index contributed by atoms with van der Waals surface area (Å²) in [7, 11) is 0. The summed E-state index contributed by atoms with van der Waals surface area (Å²) in [6, 6.07) is 0.213. The number of hydrogen-bond acceptors (Lipinski definition) is 3. The number of rotatable bonds is 8. The topological polar surface area (TPSA) is 58.4 Å². The van der Waals surface area contributed by atoms with Crippen LogP contribution in [0.1, 0.15) is 47.5 Å². The molecule has 0 radical (unpaired) electrons. The molecule has 4 nitrogen and oxygen atoms in total. The summed E-state index contributed by atoms with van der Waals surface area (Å²) in [5, 5.41) is 2.91. The van der Waals surface area contributed by atoms with Crippen molar-refractivity contribution >= 4 is 5.91 Å². The van der Waals surface area contributed by atoms with Crippen molar-refractivity contribution < 1.29 is 4.79 Å². The van der Waals surface area contributed by atoms with Crippen molar-refractivity contribution in [1.29, 1.82) is 0 Å². The number of carbonyl (C=O) groups excluding carboxylic acids is 1. The molecule has 0 fully saturated rings. The third kappa shape index (κ3) is 6.64. The molecule has 0 aliphatic carbocycles. The van der Waals surface area contributed by atoms with Crippen LogP contribution >= 0.6 is 0 Å². The van der Waals surface area contributed by atoms with E-state index in [1.54, 1.807) is 0 Å². The summed E-state index contributed by atoms with van der Waals surface area (Å²) in [4.78, 5) is 13.9. The first kappa shape index (κ1) is 16.4. The maximum Gasteiger partial charge on any atom is 0.221 e. The molecule has 0 aromatic heterocycles. The molecule has 0 aromatic carbocycles. The Morgan fingerprint density at radius 3 is 2.35 bits per heavy atom. The van der Waals surface area contributed by atoms with Gasteiger partial charge in [-0.05, 0) is 40.7 Å². The van der Waals surface area contributed by atoms with Gasteiger partial charge >= 0.3 is 0 Å². The van der Waals surface area contributed by atoms with Gasteiger partial charge in [-0.15, -0.1) is 0 Å². The Kier molecular flexibility index (Phi) is 7.39. The predicted molar refractivity (Wildman–Crippen MR) is 72.9 cm³/mol. The SMILES string of the molecule is CCCN(CCC(=O)NC(C)C)C(C)(C)CN. The van der Waals surface area contributed by atoms with Crippen LogP contribution < -0.4 is 11.1 Å². The highest BCUT2D eigenvalue weighted by atomic mass is 16.1. The molecule has 0 atom stereocenters. The molecule has 0 rings (SSSR count). The lowest BCUT2D eigenvalue weighted by Crippen LogP contribution is -2.50. The van der Waals surface area contributed by atoms with Crippen LogP contribution in [0.3, 0.4) is 0 Å². The average molecular weight is 243 g/mol. The minimum Gasteiger partial charge on any atom is -0.354 e. The van der Waals surface area contributed by atoms with E-state index in [0.717, 1.165) is 19.5 Å². The van der Waals surface area contributed by atoms with Gasteiger partial charge in [-0.3, -0.25) is 9.69 Å². The molecule has 0 bridgehead atoms. The molecule has 0 unspecified atom stereocenters. The van der Waals surface area contributed by atoms with E-state index < -0.39 is 0 Å². The molecule has 0 saturated heterocycles. The van der Waals surface area contributed by atoms with Gasteiger partial charge in [0.05, 0.1) is 0 Å². The number of nitrogens with two attached hydrogens (primary N) is 1. The van der Waals surface area contributed by atoms with Crippen molar-refractivity contribution in [3.63, 3.8) is 0 Å². The van der Waals surface area contributed by atoms with E-state index >= 15 is 0 Å². The fourth-order valence-corrected chi connectivity index (χ4v) is 1.75. The predicted octanol–water partition coefficient (Wildman–Crippen LogP) is 1.35. The van der Waals surface area contributed by atoms with Crippen LogP contribution in [-0.4, -0.2) is 42.0 Å². The van der Waals surface area contributed by atoms with Crippen LogP contribution in [0.25, 0.3) is 0 Å². The van der Waals surface area contributed by atoms with Crippen molar-refractivity contribution in [3.05, 3.63) is 0 Å². The highest BCUT2D eigenvalue weighted by Crippen LogP contribution is 2.13. The molecule has 0 spiro atoms. The highest BCUT2D eigenvalue weighted by molar-refractivity contribution is 5.76. The first-order valence-electron chi connectivity index (χ1n) is 6.58. The number of amides is 1. The zero-order valence-electron chi connectivity index (χ0n) is 12.0. The molecular weight excluding hydrogens is 214 g/mol. The van der Waals surface area contributed by atoms with Crippen LogP contribution in [0, 0.1) is 0 Å². The van der Waals surface area contributed by atoms with Crippen molar-refractivity contribution in [2.24, 2.45) is 5.73 Å². The molecule has 0 aliphatic rings. The normalized spacial score (nSPS) is 12.2. The van der Waals surface area contributed by atoms with Gasteiger partial charge in [0.25, 0.3) is 0 Å². The molecule has 4 heteroatoms. The summed E-state index contributed by atoms with van der Waals surface area (Å²) < 4.78 is 0. The van der Waals surface area contributed by atoms with E-state index in [2.05, 4.69) is 31.0 Å². The molecule has 102 valence electrons. The van der Waals surface area contributed by atoms with Crippen molar-refractivity contribution in [1.82, 2.24) is 10.2 Å². The Morgan fingerprint density at radius 2 is 1.94 bits per heavy atom. The van der Waals surface area contributed by atoms with Crippen molar-refractivity contribution in [3.8, 4) is 0 Å². The average Bonchev–Trinajstić information content (AvgIpc) is 2.22. The minimum atomic E-state index is -0.0336. The van der Waals surface area contributed by atoms with E-state index in [4.69, 9.17) is 5.73 Å². The Hall–Kier alpha value is -0.610. The molecule has 17 heavy (non-hydrogen) atoms. The molecule has 0 saturated carbocycles. The van der Waals surface area contributed by atoms with E-state index in [1.807, 2.05) is 13.8 Å². The number of nitrogens with zero attached hydrogens (tertiary/aromatic N) is 1. The second kappa shape index (κ2) is 7.67. The van der Waals surface area contributed by atoms with Gasteiger partial charge in [-0.2, -0.15) is 0 Å². The smallest absolute Gasteiger partial charge is 0.221 e. The third-order valence-electron chi connectivity index (χ3n) is 2.91. The second-order valence-electron chi connectivity index (χ2n) is 5.48. The molecule has 1 amide bonds. The van der Waals surface area contributed by atoms with E-state index in [-0.39, 0.29) is 17.5 Å². The van der Waals surface area contributed by atoms with Gasteiger partial charge in [0.2, 0.25) is 5.91 Å². The molecule has 3 N–H and O–H groups in total. The summed E-state index contributed by atoms with van der Waals surface area (Å²) in [6.45, 7) is 12.7. The number of carbonyl (C=O) groups is 1. The highest BCUT2D eigenvalue weighted by Gasteiger charge is 2.24. The lowest BCUT2D eigenvalue weighted by molar-refractivity contribution is -0.122. The van der Waals surface area contributed by atoms with E-state index in [0.29, 0.717) is 13.0 Å². The fourth-order valence-electron chi connectivity index (χ4n) is 1.75. The third-order valence-corrected chi connectivity index (χ3v) is 2.91. The maximum atomic E-state index is 11.6. The summed E-state index contributed by atoms with van der Waals surface area (Å²) in [5.74, 6) is 0.119. The van der Waals surface area contributed by atoms with E-state index in [9.17, 15) is 4.79 Å². The summed E-state index contributed by atoms with van der Waals surface area (Å²) >= 11 is 0. The standard InChI is InChI=1S/C13H29N3O/c1-6-8-16(13(4,5)10-14)9-7-12(17)15-11(2)3/h11H,6-10,14H2,1-5H3,(H,15,17). The lowest BCUT2D eigenvalue weighted by Gasteiger charge is -2.37. The van der Waals surface area contributed by atoms with E-state index in [1.165, 1.54) is 0 Å². The largest absolute Gasteiger partial charge is 0.354 e. The fraction of sp³-hybridized carbons (Fsp3) is 0.923. The zero-order valence-corrected chi connectivity index (χ0v) is 12.0. The number of hydrogen-bond donors (Lipinski definition) is 2. The van der Waals surface area contributed by atoms with Gasteiger partial charge in [0.15, 0.2) is 0 Å². The van der Waals surface area contributed by atoms with Gasteiger partial charge < -0.3 is 11.1 Å². The maximum absolute atomic E-state index is 11.6. The second-order valence-corrected chi connectivity index (χ2v) is 5.48. The summed E-state index contributed by atoms with van der Waals surface area (Å²) in [5.41, 5.74) is 5.75. The first-order valence-corrected chi connectivity index (χ1v) is 6.58. The Labute approximate surface area is 106 Å². The monoisotopic (exact) mass is 243 g/mol. The molecular formula is C13H29N3O.